The van der Waals surface area contributed by atoms with E-state index in [0.29, 0.717) is 12.3 Å². The zero-order valence-corrected chi connectivity index (χ0v) is 8.80. The van der Waals surface area contributed by atoms with Crippen LogP contribution in [0.15, 0.2) is 0 Å². The molecule has 0 aliphatic heterocycles. The quantitative estimate of drug-likeness (QED) is 0.645. The molecular weight excluding hydrogens is 184 g/mol. The van der Waals surface area contributed by atoms with Gasteiger partial charge in [-0.2, -0.15) is 0 Å². The zero-order chi connectivity index (χ0) is 9.12. The molecule has 0 saturated heterocycles. The summed E-state index contributed by atoms with van der Waals surface area (Å²) < 4.78 is 21.5. The fraction of sp³-hybridized carbons (Fsp3) is 1.00. The van der Waals surface area contributed by atoms with Gasteiger partial charge in [-0.05, 0) is 11.8 Å². The normalized spacial score (nSPS) is 13.5. The van der Waals surface area contributed by atoms with E-state index in [1.807, 2.05) is 13.8 Å². The molecule has 0 spiro atoms. The van der Waals surface area contributed by atoms with Crippen LogP contribution in [-0.2, 0) is 9.84 Å². The summed E-state index contributed by atoms with van der Waals surface area (Å²) in [6.45, 7) is 3.93. The Balaban J connectivity index is 3.90. The van der Waals surface area contributed by atoms with Crippen LogP contribution < -0.4 is 0 Å². The first-order chi connectivity index (χ1) is 4.77. The van der Waals surface area contributed by atoms with Gasteiger partial charge in [-0.15, -0.1) is 11.6 Å². The Labute approximate surface area is 73.9 Å². The second kappa shape index (κ2) is 3.76. The van der Waals surface area contributed by atoms with Gasteiger partial charge in [-0.3, -0.25) is 0 Å². The molecule has 0 N–H and O–H groups in total. The van der Waals surface area contributed by atoms with Crippen molar-refractivity contribution in [2.75, 3.05) is 17.9 Å². The van der Waals surface area contributed by atoms with Crippen molar-refractivity contribution in [1.29, 1.82) is 0 Å². The van der Waals surface area contributed by atoms with Crippen LogP contribution in [-0.4, -0.2) is 26.3 Å². The van der Waals surface area contributed by atoms with Gasteiger partial charge in [-0.1, -0.05) is 13.8 Å². The predicted molar refractivity (Wildman–Crippen MR) is 48.8 cm³/mol. The molecule has 0 unspecified atom stereocenters. The Kier molecular flexibility index (Phi) is 3.85. The zero-order valence-electron chi connectivity index (χ0n) is 7.22. The Morgan fingerprint density at radius 2 is 1.82 bits per heavy atom. The topological polar surface area (TPSA) is 34.1 Å². The Morgan fingerprint density at radius 3 is 2.09 bits per heavy atom. The molecule has 0 amide bonds. The number of hydrogen-bond donors (Lipinski definition) is 0. The van der Waals surface area contributed by atoms with E-state index in [4.69, 9.17) is 11.6 Å². The molecule has 0 aromatic carbocycles. The van der Waals surface area contributed by atoms with Crippen LogP contribution in [0.4, 0.5) is 0 Å². The molecule has 0 aromatic rings. The van der Waals surface area contributed by atoms with E-state index in [1.54, 1.807) is 0 Å². The largest absolute Gasteiger partial charge is 0.229 e. The minimum absolute atomic E-state index is 0.0648. The van der Waals surface area contributed by atoms with Crippen molar-refractivity contribution in [1.82, 2.24) is 0 Å². The standard InChI is InChI=1S/C7H15ClO2S/c1-7(2,6-8)4-5-11(3,9)10/h4-6H2,1-3H3. The molecule has 0 atom stereocenters. The maximum Gasteiger partial charge on any atom is 0.147 e. The third-order valence-corrected chi connectivity index (χ3v) is 3.18. The first-order valence-electron chi connectivity index (χ1n) is 3.50. The molecule has 11 heavy (non-hydrogen) atoms. The SMILES string of the molecule is CC(C)(CCl)CCS(C)(=O)=O. The van der Waals surface area contributed by atoms with E-state index >= 15 is 0 Å². The highest BCUT2D eigenvalue weighted by Gasteiger charge is 2.18. The van der Waals surface area contributed by atoms with Gasteiger partial charge in [0.15, 0.2) is 0 Å². The lowest BCUT2D eigenvalue weighted by Crippen LogP contribution is -2.18. The van der Waals surface area contributed by atoms with Gasteiger partial charge in [0.25, 0.3) is 0 Å². The Morgan fingerprint density at radius 1 is 1.36 bits per heavy atom. The van der Waals surface area contributed by atoms with Crippen molar-refractivity contribution in [3.63, 3.8) is 0 Å². The fourth-order valence-electron chi connectivity index (χ4n) is 0.529. The van der Waals surface area contributed by atoms with Crippen LogP contribution in [0.3, 0.4) is 0 Å². The first kappa shape index (κ1) is 11.2. The minimum Gasteiger partial charge on any atom is -0.229 e. The summed E-state index contributed by atoms with van der Waals surface area (Å²) in [5, 5.41) is 0. The fourth-order valence-corrected chi connectivity index (χ4v) is 1.59. The van der Waals surface area contributed by atoms with Crippen molar-refractivity contribution >= 4 is 21.4 Å². The highest BCUT2D eigenvalue weighted by atomic mass is 35.5. The molecule has 0 saturated carbocycles. The lowest BCUT2D eigenvalue weighted by molar-refractivity contribution is 0.404. The lowest BCUT2D eigenvalue weighted by Gasteiger charge is -2.19. The number of halogens is 1. The van der Waals surface area contributed by atoms with Gasteiger partial charge >= 0.3 is 0 Å². The minimum atomic E-state index is -2.83. The number of rotatable bonds is 4. The molecular formula is C7H15ClO2S. The van der Waals surface area contributed by atoms with E-state index in [2.05, 4.69) is 0 Å². The molecule has 2 nitrogen and oxygen atoms in total. The molecule has 0 aliphatic rings. The van der Waals surface area contributed by atoms with Gasteiger partial charge in [0.2, 0.25) is 0 Å². The van der Waals surface area contributed by atoms with Crippen molar-refractivity contribution in [2.24, 2.45) is 5.41 Å². The summed E-state index contributed by atoms with van der Waals surface area (Å²) in [7, 11) is -2.83. The molecule has 0 fully saturated rings. The van der Waals surface area contributed by atoms with Crippen molar-refractivity contribution < 1.29 is 8.42 Å². The number of hydrogen-bond acceptors (Lipinski definition) is 2. The lowest BCUT2D eigenvalue weighted by atomic mass is 9.93. The molecule has 0 heterocycles. The van der Waals surface area contributed by atoms with Crippen molar-refractivity contribution in [3.05, 3.63) is 0 Å². The molecule has 4 heteroatoms. The highest BCUT2D eigenvalue weighted by Crippen LogP contribution is 2.22. The summed E-state index contributed by atoms with van der Waals surface area (Å²) in [5.74, 6) is 0.731. The summed E-state index contributed by atoms with van der Waals surface area (Å²) >= 11 is 5.63. The molecule has 0 bridgehead atoms. The van der Waals surface area contributed by atoms with Crippen LogP contribution in [0.1, 0.15) is 20.3 Å². The summed E-state index contributed by atoms with van der Waals surface area (Å²) in [6.07, 6.45) is 1.88. The molecule has 0 aliphatic carbocycles. The predicted octanol–water partition coefficient (Wildman–Crippen LogP) is 1.69. The van der Waals surface area contributed by atoms with E-state index in [-0.39, 0.29) is 11.2 Å². The van der Waals surface area contributed by atoms with Crippen LogP contribution in [0.2, 0.25) is 0 Å². The van der Waals surface area contributed by atoms with Gasteiger partial charge < -0.3 is 0 Å². The molecule has 0 radical (unpaired) electrons. The monoisotopic (exact) mass is 198 g/mol. The summed E-state index contributed by atoms with van der Waals surface area (Å²) in [4.78, 5) is 0. The third-order valence-electron chi connectivity index (χ3n) is 1.51. The Hall–Kier alpha value is 0.240. The maximum atomic E-state index is 10.8. The average molecular weight is 199 g/mol. The van der Waals surface area contributed by atoms with Gasteiger partial charge in [0.05, 0.1) is 5.75 Å². The van der Waals surface area contributed by atoms with Crippen molar-refractivity contribution in [3.8, 4) is 0 Å². The van der Waals surface area contributed by atoms with E-state index in [9.17, 15) is 8.42 Å². The van der Waals surface area contributed by atoms with E-state index in [0.717, 1.165) is 0 Å². The van der Waals surface area contributed by atoms with Crippen LogP contribution >= 0.6 is 11.6 Å². The van der Waals surface area contributed by atoms with Crippen LogP contribution in [0.5, 0.6) is 0 Å². The molecule has 0 rings (SSSR count). The van der Waals surface area contributed by atoms with Gasteiger partial charge in [0.1, 0.15) is 9.84 Å². The van der Waals surface area contributed by atoms with E-state index < -0.39 is 9.84 Å². The number of alkyl halides is 1. The first-order valence-corrected chi connectivity index (χ1v) is 6.10. The molecule has 68 valence electrons. The van der Waals surface area contributed by atoms with Crippen LogP contribution in [0.25, 0.3) is 0 Å². The second-order valence-electron chi connectivity index (χ2n) is 3.68. The number of sulfone groups is 1. The van der Waals surface area contributed by atoms with Gasteiger partial charge in [-0.25, -0.2) is 8.42 Å². The highest BCUT2D eigenvalue weighted by molar-refractivity contribution is 7.90. The second-order valence-corrected chi connectivity index (χ2v) is 6.20. The van der Waals surface area contributed by atoms with E-state index in [1.165, 1.54) is 6.26 Å². The maximum absolute atomic E-state index is 10.8. The van der Waals surface area contributed by atoms with Gasteiger partial charge in [0, 0.05) is 12.1 Å². The average Bonchev–Trinajstić information content (AvgIpc) is 1.83. The third kappa shape index (κ3) is 6.63. The summed E-state index contributed by atoms with van der Waals surface area (Å²) in [5.41, 5.74) is -0.0648. The smallest absolute Gasteiger partial charge is 0.147 e. The van der Waals surface area contributed by atoms with Crippen molar-refractivity contribution in [2.45, 2.75) is 20.3 Å². The Bertz CT molecular complexity index is 206. The molecule has 0 aromatic heterocycles. The van der Waals surface area contributed by atoms with Crippen LogP contribution in [0, 0.1) is 5.41 Å². The summed E-state index contributed by atoms with van der Waals surface area (Å²) in [6, 6.07) is 0.